The Balaban J connectivity index is 1.86. The third kappa shape index (κ3) is 3.03. The van der Waals surface area contributed by atoms with E-state index >= 15 is 0 Å². The molecule has 0 bridgehead atoms. The predicted octanol–water partition coefficient (Wildman–Crippen LogP) is 2.25. The van der Waals surface area contributed by atoms with Crippen LogP contribution in [0.25, 0.3) is 22.6 Å². The summed E-state index contributed by atoms with van der Waals surface area (Å²) in [6.07, 6.45) is 1.71. The highest BCUT2D eigenvalue weighted by Crippen LogP contribution is 2.23. The maximum Gasteiger partial charge on any atom is 0.255 e. The highest BCUT2D eigenvalue weighted by molar-refractivity contribution is 9.10. The number of amides is 1. The number of nitrogens with one attached hydrogen (secondary N) is 1. The van der Waals surface area contributed by atoms with Crippen molar-refractivity contribution in [2.75, 3.05) is 6.61 Å². The van der Waals surface area contributed by atoms with E-state index in [-0.39, 0.29) is 6.61 Å². The summed E-state index contributed by atoms with van der Waals surface area (Å²) in [5.74, 6) is 0.791. The van der Waals surface area contributed by atoms with Crippen molar-refractivity contribution in [2.24, 2.45) is 5.73 Å². The van der Waals surface area contributed by atoms with E-state index < -0.39 is 5.91 Å². The summed E-state index contributed by atoms with van der Waals surface area (Å²) in [5, 5.41) is 0. The van der Waals surface area contributed by atoms with Crippen LogP contribution in [0.1, 0.15) is 0 Å². The van der Waals surface area contributed by atoms with Crippen molar-refractivity contribution in [3.63, 3.8) is 0 Å². The minimum absolute atomic E-state index is 0.137. The molecule has 0 aliphatic heterocycles. The zero-order valence-electron chi connectivity index (χ0n) is 10.8. The standard InChI is InChI=1S/C14H11BrN4O2/c15-9-5-11-14(17-6-9)19-13(18-11)8-1-3-10(4-2-8)21-7-12(16)20/h1-6H,7H2,(H2,16,20)(H,17,18,19). The molecule has 106 valence electrons. The summed E-state index contributed by atoms with van der Waals surface area (Å²) in [6.45, 7) is -0.137. The Kier molecular flexibility index (Phi) is 3.57. The second-order valence-corrected chi connectivity index (χ2v) is 5.30. The van der Waals surface area contributed by atoms with Gasteiger partial charge in [0.15, 0.2) is 12.3 Å². The van der Waals surface area contributed by atoms with Crippen LogP contribution < -0.4 is 10.5 Å². The van der Waals surface area contributed by atoms with Gasteiger partial charge in [-0.05, 0) is 46.3 Å². The van der Waals surface area contributed by atoms with Gasteiger partial charge in [0.05, 0.1) is 0 Å². The Labute approximate surface area is 128 Å². The van der Waals surface area contributed by atoms with Gasteiger partial charge >= 0.3 is 0 Å². The normalized spacial score (nSPS) is 10.7. The molecule has 0 aliphatic rings. The van der Waals surface area contributed by atoms with Gasteiger partial charge in [0.2, 0.25) is 0 Å². The molecule has 3 N–H and O–H groups in total. The van der Waals surface area contributed by atoms with Crippen LogP contribution in [0.15, 0.2) is 41.0 Å². The molecule has 7 heteroatoms. The third-order valence-corrected chi connectivity index (χ3v) is 3.25. The number of halogens is 1. The number of nitrogens with zero attached hydrogens (tertiary/aromatic N) is 2. The maximum atomic E-state index is 10.7. The molecular formula is C14H11BrN4O2. The van der Waals surface area contributed by atoms with E-state index in [0.29, 0.717) is 5.75 Å². The number of carbonyl (C=O) groups excluding carboxylic acids is 1. The second kappa shape index (κ2) is 5.53. The predicted molar refractivity (Wildman–Crippen MR) is 81.7 cm³/mol. The van der Waals surface area contributed by atoms with Crippen LogP contribution in [0.2, 0.25) is 0 Å². The fraction of sp³-hybridized carbons (Fsp3) is 0.0714. The molecule has 3 rings (SSSR count). The largest absolute Gasteiger partial charge is 0.484 e. The monoisotopic (exact) mass is 346 g/mol. The van der Waals surface area contributed by atoms with Gasteiger partial charge in [-0.15, -0.1) is 0 Å². The zero-order valence-corrected chi connectivity index (χ0v) is 12.4. The number of pyridine rings is 1. The first-order chi connectivity index (χ1) is 10.1. The lowest BCUT2D eigenvalue weighted by Gasteiger charge is -2.03. The van der Waals surface area contributed by atoms with Gasteiger partial charge in [-0.25, -0.2) is 9.97 Å². The molecule has 0 radical (unpaired) electrons. The number of benzene rings is 1. The minimum Gasteiger partial charge on any atom is -0.484 e. The molecule has 2 aromatic heterocycles. The highest BCUT2D eigenvalue weighted by Gasteiger charge is 2.07. The summed E-state index contributed by atoms with van der Waals surface area (Å²) in [7, 11) is 0. The number of ether oxygens (including phenoxy) is 1. The van der Waals surface area contributed by atoms with Gasteiger partial charge in [-0.2, -0.15) is 0 Å². The zero-order chi connectivity index (χ0) is 14.8. The van der Waals surface area contributed by atoms with Crippen molar-refractivity contribution >= 4 is 33.0 Å². The lowest BCUT2D eigenvalue weighted by Crippen LogP contribution is -2.19. The molecule has 1 aromatic carbocycles. The van der Waals surface area contributed by atoms with Crippen molar-refractivity contribution in [3.8, 4) is 17.1 Å². The van der Waals surface area contributed by atoms with Crippen LogP contribution in [0.5, 0.6) is 5.75 Å². The Morgan fingerprint density at radius 2 is 2.10 bits per heavy atom. The number of carbonyl (C=O) groups is 1. The van der Waals surface area contributed by atoms with Crippen molar-refractivity contribution < 1.29 is 9.53 Å². The lowest BCUT2D eigenvalue weighted by atomic mass is 10.2. The third-order valence-electron chi connectivity index (χ3n) is 2.81. The van der Waals surface area contributed by atoms with Crippen molar-refractivity contribution in [3.05, 3.63) is 41.0 Å². The van der Waals surface area contributed by atoms with Crippen LogP contribution in [0.3, 0.4) is 0 Å². The molecule has 0 unspecified atom stereocenters. The first-order valence-corrected chi connectivity index (χ1v) is 6.94. The Bertz CT molecular complexity index is 798. The SMILES string of the molecule is NC(=O)COc1ccc(-c2nc3cc(Br)cnc3[nH]2)cc1. The van der Waals surface area contributed by atoms with Gasteiger partial charge in [-0.3, -0.25) is 4.79 Å². The van der Waals surface area contributed by atoms with Crippen molar-refractivity contribution in [2.45, 2.75) is 0 Å². The van der Waals surface area contributed by atoms with Crippen molar-refractivity contribution in [1.82, 2.24) is 15.0 Å². The number of fused-ring (bicyclic) bond motifs is 1. The fourth-order valence-electron chi connectivity index (χ4n) is 1.87. The Morgan fingerprint density at radius 1 is 1.33 bits per heavy atom. The van der Waals surface area contributed by atoms with Crippen molar-refractivity contribution in [1.29, 1.82) is 0 Å². The van der Waals surface area contributed by atoms with Crippen LogP contribution in [0.4, 0.5) is 0 Å². The summed E-state index contributed by atoms with van der Waals surface area (Å²) in [6, 6.07) is 9.11. The average Bonchev–Trinajstić information content (AvgIpc) is 2.88. The van der Waals surface area contributed by atoms with E-state index in [0.717, 1.165) is 27.0 Å². The lowest BCUT2D eigenvalue weighted by molar-refractivity contribution is -0.119. The molecule has 0 fully saturated rings. The van der Waals surface area contributed by atoms with Crippen LogP contribution in [-0.4, -0.2) is 27.5 Å². The molecule has 3 aromatic rings. The topological polar surface area (TPSA) is 93.9 Å². The molecule has 0 aliphatic carbocycles. The molecule has 0 saturated heterocycles. The number of hydrogen-bond donors (Lipinski definition) is 2. The molecule has 1 amide bonds. The number of nitrogens with two attached hydrogens (primary N) is 1. The average molecular weight is 347 g/mol. The fourth-order valence-corrected chi connectivity index (χ4v) is 2.19. The minimum atomic E-state index is -0.506. The molecule has 6 nitrogen and oxygen atoms in total. The van der Waals surface area contributed by atoms with E-state index in [4.69, 9.17) is 10.5 Å². The van der Waals surface area contributed by atoms with E-state index in [2.05, 4.69) is 30.9 Å². The van der Waals surface area contributed by atoms with E-state index in [1.807, 2.05) is 18.2 Å². The summed E-state index contributed by atoms with van der Waals surface area (Å²) >= 11 is 3.37. The number of imidazole rings is 1. The number of rotatable bonds is 4. The van der Waals surface area contributed by atoms with E-state index in [9.17, 15) is 4.79 Å². The molecular weight excluding hydrogens is 336 g/mol. The number of aromatic nitrogens is 3. The Morgan fingerprint density at radius 3 is 2.81 bits per heavy atom. The maximum absolute atomic E-state index is 10.7. The van der Waals surface area contributed by atoms with Gasteiger partial charge in [0, 0.05) is 16.2 Å². The molecule has 0 atom stereocenters. The van der Waals surface area contributed by atoms with E-state index in [1.165, 1.54) is 0 Å². The first-order valence-electron chi connectivity index (χ1n) is 6.14. The number of hydrogen-bond acceptors (Lipinski definition) is 4. The summed E-state index contributed by atoms with van der Waals surface area (Å²) in [5.41, 5.74) is 7.44. The van der Waals surface area contributed by atoms with Gasteiger partial charge in [0.1, 0.15) is 17.1 Å². The van der Waals surface area contributed by atoms with Crippen LogP contribution >= 0.6 is 15.9 Å². The number of primary amides is 1. The smallest absolute Gasteiger partial charge is 0.255 e. The first kappa shape index (κ1) is 13.6. The highest BCUT2D eigenvalue weighted by atomic mass is 79.9. The van der Waals surface area contributed by atoms with Crippen LogP contribution in [0, 0.1) is 0 Å². The second-order valence-electron chi connectivity index (χ2n) is 4.39. The Hall–Kier alpha value is -2.41. The molecule has 0 spiro atoms. The molecule has 21 heavy (non-hydrogen) atoms. The molecule has 2 heterocycles. The molecule has 0 saturated carbocycles. The van der Waals surface area contributed by atoms with Gasteiger partial charge < -0.3 is 15.5 Å². The summed E-state index contributed by atoms with van der Waals surface area (Å²) < 4.78 is 6.09. The van der Waals surface area contributed by atoms with Gasteiger partial charge in [-0.1, -0.05) is 0 Å². The summed E-state index contributed by atoms with van der Waals surface area (Å²) in [4.78, 5) is 22.5. The van der Waals surface area contributed by atoms with E-state index in [1.54, 1.807) is 18.3 Å². The quantitative estimate of drug-likeness (QED) is 0.757. The van der Waals surface area contributed by atoms with Crippen LogP contribution in [-0.2, 0) is 4.79 Å². The number of aromatic amines is 1. The number of H-pyrrole nitrogens is 1. The van der Waals surface area contributed by atoms with Gasteiger partial charge in [0.25, 0.3) is 5.91 Å².